The molecule has 128 valence electrons. The second-order valence-corrected chi connectivity index (χ2v) is 5.12. The molecule has 1 unspecified atom stereocenters. The van der Waals surface area contributed by atoms with Crippen molar-refractivity contribution in [2.45, 2.75) is 6.10 Å². The number of hydrogen-bond donors (Lipinski definition) is 2. The average molecular weight is 336 g/mol. The topological polar surface area (TPSA) is 61.8 Å². The first-order valence-corrected chi connectivity index (χ1v) is 6.99. The molecule has 1 aromatic rings. The molecular weight excluding hydrogens is 320 g/mol. The van der Waals surface area contributed by atoms with Gasteiger partial charge in [0.2, 0.25) is 0 Å². The molecule has 1 saturated heterocycles. The van der Waals surface area contributed by atoms with Crippen LogP contribution in [0.15, 0.2) is 6.07 Å². The van der Waals surface area contributed by atoms with Gasteiger partial charge in [-0.25, -0.2) is 17.6 Å². The molecule has 1 aliphatic heterocycles. The third-order valence-electron chi connectivity index (χ3n) is 3.42. The summed E-state index contributed by atoms with van der Waals surface area (Å²) in [4.78, 5) is 13.6. The predicted octanol–water partition coefficient (Wildman–Crippen LogP) is 0.666. The number of aliphatic hydroxyl groups is 1. The van der Waals surface area contributed by atoms with E-state index in [1.807, 2.05) is 4.90 Å². The number of morpholine rings is 1. The van der Waals surface area contributed by atoms with E-state index in [2.05, 4.69) is 5.32 Å². The highest BCUT2D eigenvalue weighted by atomic mass is 19.2. The van der Waals surface area contributed by atoms with Crippen LogP contribution in [-0.2, 0) is 4.74 Å². The lowest BCUT2D eigenvalue weighted by Crippen LogP contribution is -2.44. The zero-order valence-corrected chi connectivity index (χ0v) is 12.1. The second kappa shape index (κ2) is 7.71. The molecule has 1 amide bonds. The van der Waals surface area contributed by atoms with E-state index in [0.29, 0.717) is 26.3 Å². The summed E-state index contributed by atoms with van der Waals surface area (Å²) >= 11 is 0. The van der Waals surface area contributed by atoms with Crippen LogP contribution in [0, 0.1) is 23.3 Å². The number of rotatable bonds is 5. The monoisotopic (exact) mass is 336 g/mol. The van der Waals surface area contributed by atoms with Gasteiger partial charge in [0.15, 0.2) is 23.3 Å². The van der Waals surface area contributed by atoms with Gasteiger partial charge >= 0.3 is 0 Å². The number of nitrogens with zero attached hydrogens (tertiary/aromatic N) is 1. The summed E-state index contributed by atoms with van der Waals surface area (Å²) < 4.78 is 57.6. The van der Waals surface area contributed by atoms with Crippen molar-refractivity contribution in [3.8, 4) is 0 Å². The lowest BCUT2D eigenvalue weighted by Gasteiger charge is -2.28. The van der Waals surface area contributed by atoms with Crippen LogP contribution in [0.25, 0.3) is 0 Å². The molecule has 1 fully saturated rings. The van der Waals surface area contributed by atoms with Crippen molar-refractivity contribution in [1.29, 1.82) is 0 Å². The predicted molar refractivity (Wildman–Crippen MR) is 71.9 cm³/mol. The third-order valence-corrected chi connectivity index (χ3v) is 3.42. The SMILES string of the molecule is O=C(NCC(O)CN1CCOCC1)c1cc(F)c(F)c(F)c1F. The van der Waals surface area contributed by atoms with E-state index in [-0.39, 0.29) is 19.2 Å². The molecule has 23 heavy (non-hydrogen) atoms. The molecule has 0 radical (unpaired) electrons. The van der Waals surface area contributed by atoms with E-state index in [1.165, 1.54) is 0 Å². The first kappa shape index (κ1) is 17.6. The molecule has 9 heteroatoms. The van der Waals surface area contributed by atoms with Crippen LogP contribution >= 0.6 is 0 Å². The van der Waals surface area contributed by atoms with Gasteiger partial charge in [-0.3, -0.25) is 9.69 Å². The Kier molecular flexibility index (Phi) is 5.91. The Bertz CT molecular complexity index is 580. The van der Waals surface area contributed by atoms with Crippen molar-refractivity contribution < 1.29 is 32.2 Å². The first-order chi connectivity index (χ1) is 10.9. The molecule has 1 aromatic carbocycles. The highest BCUT2D eigenvalue weighted by molar-refractivity contribution is 5.94. The fourth-order valence-electron chi connectivity index (χ4n) is 2.19. The lowest BCUT2D eigenvalue weighted by atomic mass is 10.1. The van der Waals surface area contributed by atoms with Gasteiger partial charge in [0, 0.05) is 26.2 Å². The number of aliphatic hydroxyl groups excluding tert-OH is 1. The standard InChI is InChI=1S/C14H16F4N2O3/c15-10-5-9(11(16)13(18)12(10)17)14(22)19-6-8(21)7-20-1-3-23-4-2-20/h5,8,21H,1-4,6-7H2,(H,19,22). The van der Waals surface area contributed by atoms with Gasteiger partial charge in [0.1, 0.15) is 0 Å². The van der Waals surface area contributed by atoms with Gasteiger partial charge in [-0.2, -0.15) is 0 Å². The summed E-state index contributed by atoms with van der Waals surface area (Å²) in [5, 5.41) is 12.0. The summed E-state index contributed by atoms with van der Waals surface area (Å²) in [6.45, 7) is 2.37. The van der Waals surface area contributed by atoms with Crippen molar-refractivity contribution >= 4 is 5.91 Å². The Labute approximate surface area is 129 Å². The Hall–Kier alpha value is -1.71. The average Bonchev–Trinajstić information content (AvgIpc) is 2.55. The molecule has 5 nitrogen and oxygen atoms in total. The van der Waals surface area contributed by atoms with E-state index in [0.717, 1.165) is 0 Å². The van der Waals surface area contributed by atoms with Gasteiger partial charge < -0.3 is 15.2 Å². The van der Waals surface area contributed by atoms with Crippen LogP contribution in [0.5, 0.6) is 0 Å². The van der Waals surface area contributed by atoms with Crippen molar-refractivity contribution in [1.82, 2.24) is 10.2 Å². The van der Waals surface area contributed by atoms with Gasteiger partial charge in [-0.1, -0.05) is 0 Å². The zero-order valence-electron chi connectivity index (χ0n) is 12.1. The van der Waals surface area contributed by atoms with E-state index in [4.69, 9.17) is 4.74 Å². The number of carbonyl (C=O) groups excluding carboxylic acids is 1. The van der Waals surface area contributed by atoms with Gasteiger partial charge in [0.05, 0.1) is 24.9 Å². The van der Waals surface area contributed by atoms with Crippen LogP contribution in [-0.4, -0.2) is 61.4 Å². The van der Waals surface area contributed by atoms with E-state index in [9.17, 15) is 27.5 Å². The number of ether oxygens (including phenoxy) is 1. The normalized spacial score (nSPS) is 17.1. The summed E-state index contributed by atoms with van der Waals surface area (Å²) in [5.74, 6) is -8.61. The summed E-state index contributed by atoms with van der Waals surface area (Å²) in [5.41, 5.74) is -0.958. The minimum Gasteiger partial charge on any atom is -0.390 e. The number of nitrogens with one attached hydrogen (secondary N) is 1. The largest absolute Gasteiger partial charge is 0.390 e. The van der Waals surface area contributed by atoms with Crippen molar-refractivity contribution in [3.05, 3.63) is 34.9 Å². The maximum Gasteiger partial charge on any atom is 0.254 e. The first-order valence-electron chi connectivity index (χ1n) is 6.99. The molecule has 0 bridgehead atoms. The maximum atomic E-state index is 13.5. The molecule has 0 spiro atoms. The molecule has 0 aliphatic carbocycles. The molecule has 2 N–H and O–H groups in total. The lowest BCUT2D eigenvalue weighted by molar-refractivity contribution is 0.0149. The van der Waals surface area contributed by atoms with Gasteiger partial charge in [0.25, 0.3) is 5.91 Å². The van der Waals surface area contributed by atoms with Crippen LogP contribution in [0.2, 0.25) is 0 Å². The summed E-state index contributed by atoms with van der Waals surface area (Å²) in [7, 11) is 0. The number of β-amino-alcohol motifs (C(OH)–C–C–N with tert-alkyl or cyclic N) is 1. The van der Waals surface area contributed by atoms with Crippen LogP contribution in [0.4, 0.5) is 17.6 Å². The number of benzene rings is 1. The van der Waals surface area contributed by atoms with Crippen LogP contribution in [0.1, 0.15) is 10.4 Å². The Morgan fingerprint density at radius 2 is 1.87 bits per heavy atom. The van der Waals surface area contributed by atoms with Crippen molar-refractivity contribution in [3.63, 3.8) is 0 Å². The van der Waals surface area contributed by atoms with Crippen molar-refractivity contribution in [2.75, 3.05) is 39.4 Å². The highest BCUT2D eigenvalue weighted by Gasteiger charge is 2.23. The van der Waals surface area contributed by atoms with E-state index < -0.39 is 40.8 Å². The molecular formula is C14H16F4N2O3. The molecule has 0 saturated carbocycles. The maximum absolute atomic E-state index is 13.5. The van der Waals surface area contributed by atoms with Crippen LogP contribution in [0.3, 0.4) is 0 Å². The number of carbonyl (C=O) groups is 1. The highest BCUT2D eigenvalue weighted by Crippen LogP contribution is 2.18. The molecule has 1 heterocycles. The van der Waals surface area contributed by atoms with E-state index >= 15 is 0 Å². The minimum atomic E-state index is -2.05. The Balaban J connectivity index is 1.92. The molecule has 1 atom stereocenters. The molecule has 0 aromatic heterocycles. The third kappa shape index (κ3) is 4.40. The van der Waals surface area contributed by atoms with Crippen molar-refractivity contribution in [2.24, 2.45) is 0 Å². The van der Waals surface area contributed by atoms with E-state index in [1.54, 1.807) is 0 Å². The summed E-state index contributed by atoms with van der Waals surface area (Å²) in [6, 6.07) is 0.275. The number of hydrogen-bond acceptors (Lipinski definition) is 4. The fourth-order valence-corrected chi connectivity index (χ4v) is 2.19. The van der Waals surface area contributed by atoms with Crippen LogP contribution < -0.4 is 5.32 Å². The quantitative estimate of drug-likeness (QED) is 0.471. The second-order valence-electron chi connectivity index (χ2n) is 5.12. The zero-order chi connectivity index (χ0) is 17.0. The molecule has 2 rings (SSSR count). The number of halogens is 4. The summed E-state index contributed by atoms with van der Waals surface area (Å²) in [6.07, 6.45) is -0.949. The van der Waals surface area contributed by atoms with Gasteiger partial charge in [-0.15, -0.1) is 0 Å². The fraction of sp³-hybridized carbons (Fsp3) is 0.500. The Morgan fingerprint density at radius 3 is 2.52 bits per heavy atom. The van der Waals surface area contributed by atoms with Gasteiger partial charge in [-0.05, 0) is 6.07 Å². The molecule has 1 aliphatic rings. The Morgan fingerprint density at radius 1 is 1.22 bits per heavy atom. The smallest absolute Gasteiger partial charge is 0.254 e. The minimum absolute atomic E-state index is 0.240. The number of amides is 1.